The van der Waals surface area contributed by atoms with Crippen LogP contribution in [0.15, 0.2) is 42.6 Å². The summed E-state index contributed by atoms with van der Waals surface area (Å²) < 4.78 is 1.74. The molecule has 2 N–H and O–H groups in total. The Balaban J connectivity index is 1.73. The van der Waals surface area contributed by atoms with E-state index >= 15 is 0 Å². The van der Waals surface area contributed by atoms with Gasteiger partial charge in [0, 0.05) is 38.7 Å². The van der Waals surface area contributed by atoms with Crippen LogP contribution in [0.3, 0.4) is 0 Å². The Hall–Kier alpha value is -2.83. The van der Waals surface area contributed by atoms with E-state index in [9.17, 15) is 9.59 Å². The zero-order valence-corrected chi connectivity index (χ0v) is 14.9. The van der Waals surface area contributed by atoms with Crippen molar-refractivity contribution >= 4 is 17.8 Å². The third kappa shape index (κ3) is 5.63. The Morgan fingerprint density at radius 3 is 2.60 bits per heavy atom. The molecular weight excluding hydrogens is 318 g/mol. The lowest BCUT2D eigenvalue weighted by Gasteiger charge is -2.18. The third-order valence-electron chi connectivity index (χ3n) is 3.66. The molecule has 0 saturated carbocycles. The highest BCUT2D eigenvalue weighted by molar-refractivity contribution is 5.90. The molecule has 0 spiro atoms. The lowest BCUT2D eigenvalue weighted by molar-refractivity contribution is -0.116. The highest BCUT2D eigenvalue weighted by atomic mass is 16.2. The predicted octanol–water partition coefficient (Wildman–Crippen LogP) is 2.63. The first-order chi connectivity index (χ1) is 12.0. The topological polar surface area (TPSA) is 79.3 Å². The van der Waals surface area contributed by atoms with E-state index < -0.39 is 0 Å². The van der Waals surface area contributed by atoms with E-state index in [1.807, 2.05) is 44.2 Å². The van der Waals surface area contributed by atoms with Crippen molar-refractivity contribution < 1.29 is 9.59 Å². The number of rotatable bonds is 7. The summed E-state index contributed by atoms with van der Waals surface area (Å²) in [5.74, 6) is 0.501. The van der Waals surface area contributed by atoms with Gasteiger partial charge in [-0.25, -0.2) is 9.48 Å². The number of urea groups is 1. The Morgan fingerprint density at radius 2 is 1.92 bits per heavy atom. The Kier molecular flexibility index (Phi) is 6.56. The normalized spacial score (nSPS) is 10.6. The Morgan fingerprint density at radius 1 is 1.20 bits per heavy atom. The Bertz CT molecular complexity index is 697. The largest absolute Gasteiger partial charge is 0.337 e. The lowest BCUT2D eigenvalue weighted by atomic mass is 10.2. The third-order valence-corrected chi connectivity index (χ3v) is 3.66. The highest BCUT2D eigenvalue weighted by Gasteiger charge is 2.11. The zero-order chi connectivity index (χ0) is 18.2. The number of aromatic nitrogens is 2. The number of hydrogen-bond acceptors (Lipinski definition) is 3. The van der Waals surface area contributed by atoms with Crippen LogP contribution in [-0.4, -0.2) is 40.2 Å². The zero-order valence-electron chi connectivity index (χ0n) is 14.9. The van der Waals surface area contributed by atoms with Gasteiger partial charge in [0.1, 0.15) is 5.82 Å². The Labute approximate surface area is 148 Å². The summed E-state index contributed by atoms with van der Waals surface area (Å²) in [6.07, 6.45) is 1.85. The number of nitrogens with one attached hydrogen (secondary N) is 2. The minimum absolute atomic E-state index is 0.159. The van der Waals surface area contributed by atoms with Crippen molar-refractivity contribution in [1.29, 1.82) is 0 Å². The molecule has 0 aliphatic carbocycles. The second-order valence-corrected chi connectivity index (χ2v) is 6.13. The summed E-state index contributed by atoms with van der Waals surface area (Å²) in [7, 11) is 1.73. The van der Waals surface area contributed by atoms with Crippen LogP contribution in [0.4, 0.5) is 10.6 Å². The lowest BCUT2D eigenvalue weighted by Crippen LogP contribution is -2.38. The van der Waals surface area contributed by atoms with Crippen molar-refractivity contribution in [3.63, 3.8) is 0 Å². The molecule has 25 heavy (non-hydrogen) atoms. The van der Waals surface area contributed by atoms with Crippen molar-refractivity contribution in [2.45, 2.75) is 32.9 Å². The van der Waals surface area contributed by atoms with Gasteiger partial charge in [0.25, 0.3) is 0 Å². The minimum Gasteiger partial charge on any atom is -0.337 e. The molecule has 1 aromatic carbocycles. The second-order valence-electron chi connectivity index (χ2n) is 6.13. The summed E-state index contributed by atoms with van der Waals surface area (Å²) in [6, 6.07) is 11.5. The van der Waals surface area contributed by atoms with Gasteiger partial charge in [-0.05, 0) is 19.4 Å². The molecule has 1 heterocycles. The summed E-state index contributed by atoms with van der Waals surface area (Å²) in [5, 5.41) is 9.73. The molecule has 0 bridgehead atoms. The molecule has 7 heteroatoms. The van der Waals surface area contributed by atoms with Gasteiger partial charge >= 0.3 is 6.03 Å². The summed E-state index contributed by atoms with van der Waals surface area (Å²) >= 11 is 0. The number of hydrogen-bond donors (Lipinski definition) is 2. The maximum absolute atomic E-state index is 12.1. The van der Waals surface area contributed by atoms with Gasteiger partial charge in [0.15, 0.2) is 0 Å². The van der Waals surface area contributed by atoms with E-state index in [0.717, 1.165) is 5.56 Å². The predicted molar refractivity (Wildman–Crippen MR) is 97.2 cm³/mol. The number of nitrogens with zero attached hydrogens (tertiary/aromatic N) is 3. The van der Waals surface area contributed by atoms with Crippen LogP contribution < -0.4 is 10.6 Å². The quantitative estimate of drug-likeness (QED) is 0.811. The molecular formula is C18H25N5O2. The van der Waals surface area contributed by atoms with Gasteiger partial charge in [-0.3, -0.25) is 4.79 Å². The maximum Gasteiger partial charge on any atom is 0.317 e. The molecule has 0 aliphatic heterocycles. The maximum atomic E-state index is 12.1. The van der Waals surface area contributed by atoms with Gasteiger partial charge in [-0.1, -0.05) is 30.3 Å². The highest BCUT2D eigenvalue weighted by Crippen LogP contribution is 2.13. The standard InChI is InChI=1S/C18H25N5O2/c1-14(2)23-16(9-12-20-23)21-17(24)10-11-19-18(25)22(3)13-15-7-5-4-6-8-15/h4-9,12,14H,10-11,13H2,1-3H3,(H,19,25)(H,21,24). The van der Waals surface area contributed by atoms with Crippen molar-refractivity contribution in [3.8, 4) is 0 Å². The molecule has 2 aromatic rings. The summed E-state index contributed by atoms with van der Waals surface area (Å²) in [5.41, 5.74) is 1.06. The molecule has 2 rings (SSSR count). The number of anilines is 1. The van der Waals surface area contributed by atoms with E-state index in [1.54, 1.807) is 28.9 Å². The SMILES string of the molecule is CC(C)n1nccc1NC(=O)CCNC(=O)N(C)Cc1ccccc1. The monoisotopic (exact) mass is 343 g/mol. The molecule has 0 unspecified atom stereocenters. The molecule has 134 valence electrons. The second kappa shape index (κ2) is 8.86. The van der Waals surface area contributed by atoms with Gasteiger partial charge in [0.2, 0.25) is 5.91 Å². The first kappa shape index (κ1) is 18.5. The molecule has 7 nitrogen and oxygen atoms in total. The fourth-order valence-electron chi connectivity index (χ4n) is 2.38. The van der Waals surface area contributed by atoms with Crippen LogP contribution in [0, 0.1) is 0 Å². The number of benzene rings is 1. The van der Waals surface area contributed by atoms with Crippen molar-refractivity contribution in [2.24, 2.45) is 0 Å². The summed E-state index contributed by atoms with van der Waals surface area (Å²) in [6.45, 7) is 4.78. The fourth-order valence-corrected chi connectivity index (χ4v) is 2.38. The van der Waals surface area contributed by atoms with Crippen LogP contribution >= 0.6 is 0 Å². The molecule has 0 saturated heterocycles. The van der Waals surface area contributed by atoms with Crippen LogP contribution in [0.5, 0.6) is 0 Å². The van der Waals surface area contributed by atoms with Gasteiger partial charge in [-0.2, -0.15) is 5.10 Å². The molecule has 3 amide bonds. The number of carbonyl (C=O) groups is 2. The van der Waals surface area contributed by atoms with E-state index in [1.165, 1.54) is 0 Å². The van der Waals surface area contributed by atoms with Crippen LogP contribution in [-0.2, 0) is 11.3 Å². The van der Waals surface area contributed by atoms with Gasteiger partial charge in [-0.15, -0.1) is 0 Å². The van der Waals surface area contributed by atoms with Crippen LogP contribution in [0.1, 0.15) is 31.9 Å². The fraction of sp³-hybridized carbons (Fsp3) is 0.389. The first-order valence-electron chi connectivity index (χ1n) is 8.33. The molecule has 0 atom stereocenters. The summed E-state index contributed by atoms with van der Waals surface area (Å²) in [4.78, 5) is 25.7. The number of carbonyl (C=O) groups excluding carboxylic acids is 2. The first-order valence-corrected chi connectivity index (χ1v) is 8.33. The van der Waals surface area contributed by atoms with E-state index in [-0.39, 0.29) is 30.9 Å². The molecule has 0 aliphatic rings. The molecule has 0 fully saturated rings. The average Bonchev–Trinajstić information content (AvgIpc) is 3.04. The van der Waals surface area contributed by atoms with Crippen molar-refractivity contribution in [3.05, 3.63) is 48.2 Å². The van der Waals surface area contributed by atoms with Crippen LogP contribution in [0.25, 0.3) is 0 Å². The molecule has 1 aromatic heterocycles. The van der Waals surface area contributed by atoms with E-state index in [2.05, 4.69) is 15.7 Å². The van der Waals surface area contributed by atoms with Crippen molar-refractivity contribution in [2.75, 3.05) is 18.9 Å². The van der Waals surface area contributed by atoms with Gasteiger partial charge in [0.05, 0.1) is 6.20 Å². The van der Waals surface area contributed by atoms with E-state index in [4.69, 9.17) is 0 Å². The van der Waals surface area contributed by atoms with Crippen molar-refractivity contribution in [1.82, 2.24) is 20.0 Å². The minimum atomic E-state index is -0.205. The average molecular weight is 343 g/mol. The smallest absolute Gasteiger partial charge is 0.317 e. The molecule has 0 radical (unpaired) electrons. The van der Waals surface area contributed by atoms with Gasteiger partial charge < -0.3 is 15.5 Å². The van der Waals surface area contributed by atoms with Crippen LogP contribution in [0.2, 0.25) is 0 Å². The van der Waals surface area contributed by atoms with E-state index in [0.29, 0.717) is 12.4 Å². The number of amides is 3.